The zero-order valence-corrected chi connectivity index (χ0v) is 11.7. The molecule has 0 radical (unpaired) electrons. The molecule has 0 fully saturated rings. The number of carbonyl (C=O) groups is 1. The molecule has 1 atom stereocenters. The first-order valence-electron chi connectivity index (χ1n) is 7.01. The molecule has 21 heavy (non-hydrogen) atoms. The zero-order chi connectivity index (χ0) is 14.7. The number of fused-ring (bicyclic) bond motifs is 1. The number of benzene rings is 1. The number of para-hydroxylation sites is 1. The van der Waals surface area contributed by atoms with Crippen molar-refractivity contribution in [3.8, 4) is 5.75 Å². The fourth-order valence-electron chi connectivity index (χ4n) is 2.53. The number of anilines is 1. The van der Waals surface area contributed by atoms with E-state index in [4.69, 9.17) is 10.5 Å². The van der Waals surface area contributed by atoms with Crippen LogP contribution in [0.3, 0.4) is 0 Å². The summed E-state index contributed by atoms with van der Waals surface area (Å²) < 4.78 is 7.29. The third-order valence-electron chi connectivity index (χ3n) is 3.57. The van der Waals surface area contributed by atoms with Crippen LogP contribution in [-0.4, -0.2) is 28.8 Å². The largest absolute Gasteiger partial charge is 0.493 e. The number of nitrogens with zero attached hydrogens (tertiary/aromatic N) is 2. The van der Waals surface area contributed by atoms with E-state index in [1.54, 1.807) is 17.1 Å². The van der Waals surface area contributed by atoms with E-state index in [2.05, 4.69) is 10.4 Å². The number of amides is 1. The maximum atomic E-state index is 12.3. The van der Waals surface area contributed by atoms with Gasteiger partial charge in [0.1, 0.15) is 5.75 Å². The van der Waals surface area contributed by atoms with Gasteiger partial charge in [0, 0.05) is 18.3 Å². The van der Waals surface area contributed by atoms with Crippen LogP contribution < -0.4 is 15.8 Å². The van der Waals surface area contributed by atoms with Crippen molar-refractivity contribution < 1.29 is 9.53 Å². The van der Waals surface area contributed by atoms with Gasteiger partial charge in [-0.1, -0.05) is 18.2 Å². The summed E-state index contributed by atoms with van der Waals surface area (Å²) in [4.78, 5) is 12.3. The summed E-state index contributed by atoms with van der Waals surface area (Å²) in [6, 6.07) is 7.70. The summed E-state index contributed by atoms with van der Waals surface area (Å²) in [5, 5.41) is 7.04. The molecule has 110 valence electrons. The molecule has 3 N–H and O–H groups in total. The Morgan fingerprint density at radius 3 is 3.14 bits per heavy atom. The molecule has 0 saturated heterocycles. The molecule has 3 rings (SSSR count). The van der Waals surface area contributed by atoms with E-state index in [1.807, 2.05) is 24.3 Å². The summed E-state index contributed by atoms with van der Waals surface area (Å²) in [7, 11) is 0. The molecule has 1 aromatic carbocycles. The SMILES string of the molecule is Nc1cnn(CCNC(=O)C2CCOc3ccccc32)c1. The highest BCUT2D eigenvalue weighted by Crippen LogP contribution is 2.33. The van der Waals surface area contributed by atoms with Crippen molar-refractivity contribution in [2.45, 2.75) is 18.9 Å². The summed E-state index contributed by atoms with van der Waals surface area (Å²) in [6.45, 7) is 1.71. The summed E-state index contributed by atoms with van der Waals surface area (Å²) in [6.07, 6.45) is 4.05. The van der Waals surface area contributed by atoms with E-state index < -0.39 is 0 Å². The predicted molar refractivity (Wildman–Crippen MR) is 78.9 cm³/mol. The van der Waals surface area contributed by atoms with Crippen LogP contribution in [0.1, 0.15) is 17.9 Å². The monoisotopic (exact) mass is 286 g/mol. The summed E-state index contributed by atoms with van der Waals surface area (Å²) in [5.41, 5.74) is 7.18. The maximum Gasteiger partial charge on any atom is 0.227 e. The number of nitrogens with two attached hydrogens (primary N) is 1. The van der Waals surface area contributed by atoms with Gasteiger partial charge in [0.25, 0.3) is 0 Å². The number of carbonyl (C=O) groups excluding carboxylic acids is 1. The molecule has 0 spiro atoms. The van der Waals surface area contributed by atoms with Crippen LogP contribution >= 0.6 is 0 Å². The van der Waals surface area contributed by atoms with E-state index in [0.29, 0.717) is 31.8 Å². The fourth-order valence-corrected chi connectivity index (χ4v) is 2.53. The lowest BCUT2D eigenvalue weighted by Gasteiger charge is -2.25. The molecule has 0 saturated carbocycles. The number of ether oxygens (including phenoxy) is 1. The third kappa shape index (κ3) is 2.99. The van der Waals surface area contributed by atoms with E-state index in [9.17, 15) is 4.79 Å². The average molecular weight is 286 g/mol. The second kappa shape index (κ2) is 5.87. The average Bonchev–Trinajstić information content (AvgIpc) is 2.92. The Balaban J connectivity index is 1.59. The first-order valence-corrected chi connectivity index (χ1v) is 7.01. The molecule has 1 amide bonds. The maximum absolute atomic E-state index is 12.3. The van der Waals surface area contributed by atoms with Crippen LogP contribution in [0.4, 0.5) is 5.69 Å². The topological polar surface area (TPSA) is 82.2 Å². The second-order valence-corrected chi connectivity index (χ2v) is 5.06. The first-order chi connectivity index (χ1) is 10.2. The van der Waals surface area contributed by atoms with Gasteiger partial charge in [-0.3, -0.25) is 9.48 Å². The number of rotatable bonds is 4. The molecular weight excluding hydrogens is 268 g/mol. The van der Waals surface area contributed by atoms with Crippen LogP contribution in [0.5, 0.6) is 5.75 Å². The molecule has 1 aromatic heterocycles. The van der Waals surface area contributed by atoms with Crippen molar-refractivity contribution in [3.05, 3.63) is 42.2 Å². The molecule has 6 nitrogen and oxygen atoms in total. The summed E-state index contributed by atoms with van der Waals surface area (Å²) >= 11 is 0. The highest BCUT2D eigenvalue weighted by Gasteiger charge is 2.26. The lowest BCUT2D eigenvalue weighted by molar-refractivity contribution is -0.123. The van der Waals surface area contributed by atoms with E-state index in [0.717, 1.165) is 11.3 Å². The van der Waals surface area contributed by atoms with Crippen molar-refractivity contribution in [2.75, 3.05) is 18.9 Å². The standard InChI is InChI=1S/C15H18N4O2/c16-11-9-18-19(10-11)7-6-17-15(20)13-5-8-21-14-4-2-1-3-12(13)14/h1-4,9-10,13H,5-8,16H2,(H,17,20). The van der Waals surface area contributed by atoms with Crippen LogP contribution in [0, 0.1) is 0 Å². The lowest BCUT2D eigenvalue weighted by Crippen LogP contribution is -2.34. The van der Waals surface area contributed by atoms with Crippen LogP contribution in [0.15, 0.2) is 36.7 Å². The minimum atomic E-state index is -0.141. The zero-order valence-electron chi connectivity index (χ0n) is 11.7. The van der Waals surface area contributed by atoms with Crippen molar-refractivity contribution in [1.29, 1.82) is 0 Å². The van der Waals surface area contributed by atoms with Crippen molar-refractivity contribution in [1.82, 2.24) is 15.1 Å². The van der Waals surface area contributed by atoms with Crippen LogP contribution in [0.2, 0.25) is 0 Å². The highest BCUT2D eigenvalue weighted by molar-refractivity contribution is 5.84. The Morgan fingerprint density at radius 1 is 1.48 bits per heavy atom. The minimum absolute atomic E-state index is 0.0332. The third-order valence-corrected chi connectivity index (χ3v) is 3.57. The van der Waals surface area contributed by atoms with Gasteiger partial charge in [-0.2, -0.15) is 5.10 Å². The molecule has 1 aliphatic rings. The molecule has 2 heterocycles. The van der Waals surface area contributed by atoms with E-state index >= 15 is 0 Å². The minimum Gasteiger partial charge on any atom is -0.493 e. The molecule has 0 aliphatic carbocycles. The van der Waals surface area contributed by atoms with Gasteiger partial charge in [-0.15, -0.1) is 0 Å². The quantitative estimate of drug-likeness (QED) is 0.883. The lowest BCUT2D eigenvalue weighted by atomic mass is 9.92. The number of nitrogens with one attached hydrogen (secondary N) is 1. The van der Waals surface area contributed by atoms with Crippen molar-refractivity contribution in [3.63, 3.8) is 0 Å². The number of hydrogen-bond donors (Lipinski definition) is 2. The number of aromatic nitrogens is 2. The Kier molecular flexibility index (Phi) is 3.77. The normalized spacial score (nSPS) is 16.9. The van der Waals surface area contributed by atoms with Gasteiger partial charge in [0.2, 0.25) is 5.91 Å². The molecule has 2 aromatic rings. The van der Waals surface area contributed by atoms with E-state index in [-0.39, 0.29) is 11.8 Å². The van der Waals surface area contributed by atoms with Gasteiger partial charge in [0.05, 0.1) is 31.0 Å². The van der Waals surface area contributed by atoms with Gasteiger partial charge in [-0.25, -0.2) is 0 Å². The summed E-state index contributed by atoms with van der Waals surface area (Å²) in [5.74, 6) is 0.701. The molecule has 0 bridgehead atoms. The van der Waals surface area contributed by atoms with Gasteiger partial charge in [0.15, 0.2) is 0 Å². The Morgan fingerprint density at radius 2 is 2.33 bits per heavy atom. The predicted octanol–water partition coefficient (Wildman–Crippen LogP) is 1.15. The first kappa shape index (κ1) is 13.5. The Labute approximate surface area is 122 Å². The molecular formula is C15H18N4O2. The smallest absolute Gasteiger partial charge is 0.227 e. The molecule has 6 heteroatoms. The highest BCUT2D eigenvalue weighted by atomic mass is 16.5. The number of hydrogen-bond acceptors (Lipinski definition) is 4. The van der Waals surface area contributed by atoms with Crippen LogP contribution in [0.25, 0.3) is 0 Å². The molecule has 1 unspecified atom stereocenters. The van der Waals surface area contributed by atoms with Gasteiger partial charge in [-0.05, 0) is 12.5 Å². The Bertz CT molecular complexity index is 638. The van der Waals surface area contributed by atoms with Crippen molar-refractivity contribution in [2.24, 2.45) is 0 Å². The number of nitrogen functional groups attached to an aromatic ring is 1. The molecule has 1 aliphatic heterocycles. The second-order valence-electron chi connectivity index (χ2n) is 5.06. The van der Waals surface area contributed by atoms with Crippen LogP contribution in [-0.2, 0) is 11.3 Å². The Hall–Kier alpha value is -2.50. The van der Waals surface area contributed by atoms with Crippen molar-refractivity contribution >= 4 is 11.6 Å². The van der Waals surface area contributed by atoms with E-state index in [1.165, 1.54) is 0 Å². The van der Waals surface area contributed by atoms with Gasteiger partial charge >= 0.3 is 0 Å². The van der Waals surface area contributed by atoms with Gasteiger partial charge < -0.3 is 15.8 Å². The fraction of sp³-hybridized carbons (Fsp3) is 0.333.